The van der Waals surface area contributed by atoms with E-state index in [1.807, 2.05) is 0 Å². The highest BCUT2D eigenvalue weighted by molar-refractivity contribution is 4.37. The van der Waals surface area contributed by atoms with Gasteiger partial charge in [-0.25, -0.2) is 9.78 Å². The molecule has 0 atom stereocenters. The predicted molar refractivity (Wildman–Crippen MR) is 55.9 cm³/mol. The summed E-state index contributed by atoms with van der Waals surface area (Å²) in [5.41, 5.74) is 5.24. The Hall–Kier alpha value is -0.160. The van der Waals surface area contributed by atoms with Gasteiger partial charge in [0.05, 0.1) is 19.8 Å². The summed E-state index contributed by atoms with van der Waals surface area (Å²) < 4.78 is 5.10. The molecule has 0 radical (unpaired) electrons. The van der Waals surface area contributed by atoms with E-state index in [2.05, 4.69) is 6.92 Å². The molecule has 0 heterocycles. The molecular weight excluding hydrogens is 182 g/mol. The van der Waals surface area contributed by atoms with Gasteiger partial charge in [0, 0.05) is 6.54 Å². The van der Waals surface area contributed by atoms with Crippen molar-refractivity contribution < 1.29 is 14.5 Å². The molecule has 0 saturated heterocycles. The Balaban J connectivity index is 2.78. The zero-order valence-corrected chi connectivity index (χ0v) is 9.17. The van der Waals surface area contributed by atoms with Gasteiger partial charge in [-0.1, -0.05) is 26.2 Å². The number of unbranched alkanes of at least 4 members (excludes halogenated alkanes) is 3. The van der Waals surface area contributed by atoms with Crippen LogP contribution in [0.25, 0.3) is 0 Å². The van der Waals surface area contributed by atoms with E-state index in [9.17, 15) is 0 Å². The molecule has 14 heavy (non-hydrogen) atoms. The molecule has 0 rings (SSSR count). The van der Waals surface area contributed by atoms with Gasteiger partial charge >= 0.3 is 0 Å². The average molecular weight is 205 g/mol. The van der Waals surface area contributed by atoms with Crippen LogP contribution in [-0.4, -0.2) is 33.0 Å². The topological polar surface area (TPSA) is 53.7 Å². The highest BCUT2D eigenvalue weighted by Crippen LogP contribution is 1.98. The zero-order chi connectivity index (χ0) is 10.5. The first kappa shape index (κ1) is 13.8. The molecule has 0 aromatic rings. The molecule has 86 valence electrons. The fourth-order valence-corrected chi connectivity index (χ4v) is 0.984. The SMILES string of the molecule is CCCCCCOOCCOCCN. The second-order valence-electron chi connectivity index (χ2n) is 3.11. The summed E-state index contributed by atoms with van der Waals surface area (Å²) in [6.45, 7) is 5.03. The van der Waals surface area contributed by atoms with E-state index in [1.165, 1.54) is 19.3 Å². The van der Waals surface area contributed by atoms with Gasteiger partial charge in [0.25, 0.3) is 0 Å². The van der Waals surface area contributed by atoms with Crippen LogP contribution in [0.1, 0.15) is 32.6 Å². The quantitative estimate of drug-likeness (QED) is 0.315. The maximum Gasteiger partial charge on any atom is 0.106 e. The lowest BCUT2D eigenvalue weighted by Gasteiger charge is -2.04. The lowest BCUT2D eigenvalue weighted by molar-refractivity contribution is -0.299. The van der Waals surface area contributed by atoms with Gasteiger partial charge in [0.15, 0.2) is 0 Å². The molecule has 0 saturated carbocycles. The lowest BCUT2D eigenvalue weighted by Crippen LogP contribution is -2.12. The van der Waals surface area contributed by atoms with Crippen LogP contribution in [-0.2, 0) is 14.5 Å². The van der Waals surface area contributed by atoms with E-state index in [0.717, 1.165) is 6.42 Å². The molecule has 4 heteroatoms. The molecule has 0 aliphatic heterocycles. The van der Waals surface area contributed by atoms with Crippen molar-refractivity contribution in [2.45, 2.75) is 32.6 Å². The normalized spacial score (nSPS) is 10.7. The first-order valence-electron chi connectivity index (χ1n) is 5.44. The largest absolute Gasteiger partial charge is 0.378 e. The summed E-state index contributed by atoms with van der Waals surface area (Å²) in [4.78, 5) is 9.84. The van der Waals surface area contributed by atoms with Crippen LogP contribution in [0.2, 0.25) is 0 Å². The molecule has 0 aromatic carbocycles. The summed E-state index contributed by atoms with van der Waals surface area (Å²) in [6.07, 6.45) is 4.79. The Morgan fingerprint density at radius 1 is 0.857 bits per heavy atom. The zero-order valence-electron chi connectivity index (χ0n) is 9.17. The monoisotopic (exact) mass is 205 g/mol. The maximum absolute atomic E-state index is 5.24. The number of rotatable bonds is 11. The molecule has 0 aliphatic carbocycles. The molecule has 0 spiro atoms. The van der Waals surface area contributed by atoms with Crippen LogP contribution in [0, 0.1) is 0 Å². The van der Waals surface area contributed by atoms with Crippen molar-refractivity contribution in [1.82, 2.24) is 0 Å². The summed E-state index contributed by atoms with van der Waals surface area (Å²) in [6, 6.07) is 0. The number of hydrogen-bond acceptors (Lipinski definition) is 4. The highest BCUT2D eigenvalue weighted by Gasteiger charge is 1.91. The van der Waals surface area contributed by atoms with E-state index >= 15 is 0 Å². The number of hydrogen-bond donors (Lipinski definition) is 1. The van der Waals surface area contributed by atoms with Crippen LogP contribution in [0.15, 0.2) is 0 Å². The van der Waals surface area contributed by atoms with Gasteiger partial charge in [-0.15, -0.1) is 0 Å². The van der Waals surface area contributed by atoms with Crippen molar-refractivity contribution in [2.24, 2.45) is 5.73 Å². The van der Waals surface area contributed by atoms with Gasteiger partial charge in [0.2, 0.25) is 0 Å². The smallest absolute Gasteiger partial charge is 0.106 e. The lowest BCUT2D eigenvalue weighted by atomic mass is 10.2. The van der Waals surface area contributed by atoms with Crippen LogP contribution >= 0.6 is 0 Å². The average Bonchev–Trinajstić information content (AvgIpc) is 2.21. The Kier molecular flexibility index (Phi) is 12.7. The maximum atomic E-state index is 5.24. The molecule has 0 amide bonds. The van der Waals surface area contributed by atoms with Gasteiger partial charge in [0.1, 0.15) is 6.61 Å². The van der Waals surface area contributed by atoms with Crippen molar-refractivity contribution in [1.29, 1.82) is 0 Å². The minimum absolute atomic E-state index is 0.480. The first-order chi connectivity index (χ1) is 6.91. The van der Waals surface area contributed by atoms with Crippen molar-refractivity contribution in [3.8, 4) is 0 Å². The molecule has 0 bridgehead atoms. The highest BCUT2D eigenvalue weighted by atomic mass is 17.2. The van der Waals surface area contributed by atoms with Crippen LogP contribution in [0.3, 0.4) is 0 Å². The third kappa shape index (κ3) is 11.8. The second-order valence-corrected chi connectivity index (χ2v) is 3.11. The van der Waals surface area contributed by atoms with Crippen molar-refractivity contribution in [3.05, 3.63) is 0 Å². The Labute approximate surface area is 86.6 Å². The van der Waals surface area contributed by atoms with Crippen LogP contribution in [0.4, 0.5) is 0 Å². The fraction of sp³-hybridized carbons (Fsp3) is 1.00. The molecule has 0 aliphatic rings. The summed E-state index contributed by atoms with van der Waals surface area (Å²) in [5, 5.41) is 0. The summed E-state index contributed by atoms with van der Waals surface area (Å²) >= 11 is 0. The number of ether oxygens (including phenoxy) is 1. The molecule has 0 aromatic heterocycles. The van der Waals surface area contributed by atoms with E-state index in [-0.39, 0.29) is 0 Å². The number of nitrogens with two attached hydrogens (primary N) is 1. The molecule has 0 unspecified atom stereocenters. The van der Waals surface area contributed by atoms with Gasteiger partial charge in [-0.3, -0.25) is 0 Å². The Bertz CT molecular complexity index is 89.4. The van der Waals surface area contributed by atoms with Gasteiger partial charge in [-0.05, 0) is 6.42 Å². The second kappa shape index (κ2) is 12.8. The summed E-state index contributed by atoms with van der Waals surface area (Å²) in [7, 11) is 0. The minimum Gasteiger partial charge on any atom is -0.378 e. The van der Waals surface area contributed by atoms with Crippen molar-refractivity contribution in [2.75, 3.05) is 33.0 Å². The summed E-state index contributed by atoms with van der Waals surface area (Å²) in [5.74, 6) is 0. The Morgan fingerprint density at radius 3 is 2.36 bits per heavy atom. The molecule has 0 fully saturated rings. The van der Waals surface area contributed by atoms with Gasteiger partial charge in [-0.2, -0.15) is 0 Å². The molecule has 4 nitrogen and oxygen atoms in total. The predicted octanol–water partition coefficient (Wildman–Crippen LogP) is 1.49. The first-order valence-corrected chi connectivity index (χ1v) is 5.44. The Morgan fingerprint density at radius 2 is 1.64 bits per heavy atom. The molecule has 2 N–H and O–H groups in total. The van der Waals surface area contributed by atoms with Crippen LogP contribution < -0.4 is 5.73 Å². The fourth-order valence-electron chi connectivity index (χ4n) is 0.984. The van der Waals surface area contributed by atoms with Crippen molar-refractivity contribution >= 4 is 0 Å². The standard InChI is InChI=1S/C10H23NO3/c1-2-3-4-5-7-13-14-10-9-12-8-6-11/h2-11H2,1H3. The third-order valence-electron chi connectivity index (χ3n) is 1.74. The van der Waals surface area contributed by atoms with Crippen LogP contribution in [0.5, 0.6) is 0 Å². The van der Waals surface area contributed by atoms with Crippen molar-refractivity contribution in [3.63, 3.8) is 0 Å². The van der Waals surface area contributed by atoms with E-state index in [1.54, 1.807) is 0 Å². The van der Waals surface area contributed by atoms with Gasteiger partial charge < -0.3 is 10.5 Å². The van der Waals surface area contributed by atoms with E-state index in [0.29, 0.717) is 33.0 Å². The minimum atomic E-state index is 0.480. The van der Waals surface area contributed by atoms with E-state index < -0.39 is 0 Å². The third-order valence-corrected chi connectivity index (χ3v) is 1.74. The van der Waals surface area contributed by atoms with E-state index in [4.69, 9.17) is 20.2 Å². The molecular formula is C10H23NO3.